The number of nitrogens with zero attached hydrogens (tertiary/aromatic N) is 1. The van der Waals surface area contributed by atoms with Gasteiger partial charge in [0.25, 0.3) is 0 Å². The van der Waals surface area contributed by atoms with E-state index in [1.165, 1.54) is 12.1 Å². The van der Waals surface area contributed by atoms with Gasteiger partial charge in [-0.25, -0.2) is 4.39 Å². The van der Waals surface area contributed by atoms with Crippen LogP contribution in [0.25, 0.3) is 0 Å². The van der Waals surface area contributed by atoms with Crippen molar-refractivity contribution in [2.24, 2.45) is 5.41 Å². The highest BCUT2D eigenvalue weighted by Gasteiger charge is 2.23. The Balaban J connectivity index is 2.26. The molecule has 4 nitrogen and oxygen atoms in total. The van der Waals surface area contributed by atoms with E-state index in [9.17, 15) is 9.18 Å². The number of carbonyl (C=O) groups is 1. The third-order valence-electron chi connectivity index (χ3n) is 3.24. The molecule has 20 heavy (non-hydrogen) atoms. The first kappa shape index (κ1) is 14.8. The number of ether oxygens (including phenoxy) is 1. The van der Waals surface area contributed by atoms with Gasteiger partial charge in [-0.05, 0) is 18.2 Å². The molecule has 0 atom stereocenters. The minimum absolute atomic E-state index is 0.127. The molecule has 0 unspecified atom stereocenters. The molecule has 1 N–H and O–H groups in total. The van der Waals surface area contributed by atoms with Crippen molar-refractivity contribution < 1.29 is 13.9 Å². The smallest absolute Gasteiger partial charge is 0.229 e. The van der Waals surface area contributed by atoms with Gasteiger partial charge >= 0.3 is 0 Å². The minimum atomic E-state index is -0.519. The third kappa shape index (κ3) is 3.48. The van der Waals surface area contributed by atoms with E-state index in [4.69, 9.17) is 4.74 Å². The fourth-order valence-electron chi connectivity index (χ4n) is 2.00. The molecule has 1 saturated heterocycles. The van der Waals surface area contributed by atoms with Crippen LogP contribution >= 0.6 is 0 Å². The maximum Gasteiger partial charge on any atom is 0.229 e. The summed E-state index contributed by atoms with van der Waals surface area (Å²) < 4.78 is 18.8. The Morgan fingerprint density at radius 3 is 2.55 bits per heavy atom. The van der Waals surface area contributed by atoms with Gasteiger partial charge in [-0.3, -0.25) is 4.79 Å². The summed E-state index contributed by atoms with van der Waals surface area (Å²) >= 11 is 0. The molecule has 1 fully saturated rings. The molecule has 0 radical (unpaired) electrons. The Morgan fingerprint density at radius 2 is 1.95 bits per heavy atom. The van der Waals surface area contributed by atoms with E-state index < -0.39 is 5.41 Å². The van der Waals surface area contributed by atoms with Crippen LogP contribution in [-0.2, 0) is 9.53 Å². The fraction of sp³-hybridized carbons (Fsp3) is 0.533. The number of morpholine rings is 1. The Kier molecular flexibility index (Phi) is 4.28. The van der Waals surface area contributed by atoms with Gasteiger partial charge < -0.3 is 15.0 Å². The van der Waals surface area contributed by atoms with Gasteiger partial charge in [-0.1, -0.05) is 20.8 Å². The van der Waals surface area contributed by atoms with E-state index in [0.29, 0.717) is 18.9 Å². The Labute approximate surface area is 118 Å². The zero-order valence-corrected chi connectivity index (χ0v) is 12.2. The zero-order chi connectivity index (χ0) is 14.8. The van der Waals surface area contributed by atoms with Crippen molar-refractivity contribution in [3.05, 3.63) is 24.0 Å². The molecule has 110 valence electrons. The second-order valence-corrected chi connectivity index (χ2v) is 5.97. The van der Waals surface area contributed by atoms with Gasteiger partial charge in [-0.15, -0.1) is 0 Å². The summed E-state index contributed by atoms with van der Waals surface area (Å²) in [6.07, 6.45) is 0. The largest absolute Gasteiger partial charge is 0.378 e. The van der Waals surface area contributed by atoms with Gasteiger partial charge in [0, 0.05) is 18.5 Å². The molecule has 1 aromatic rings. The standard InChI is InChI=1S/C15H21FN2O2/c1-15(2,3)14(19)17-12-10-11(16)4-5-13(12)18-6-8-20-9-7-18/h4-5,10H,6-9H2,1-3H3,(H,17,19). The van der Waals surface area contributed by atoms with Crippen LogP contribution in [0.5, 0.6) is 0 Å². The molecule has 1 aliphatic rings. The quantitative estimate of drug-likeness (QED) is 0.905. The lowest BCUT2D eigenvalue weighted by Gasteiger charge is -2.31. The third-order valence-corrected chi connectivity index (χ3v) is 3.24. The van der Waals surface area contributed by atoms with Crippen LogP contribution in [0, 0.1) is 11.2 Å². The highest BCUT2D eigenvalue weighted by Crippen LogP contribution is 2.29. The molecule has 1 aliphatic heterocycles. The molecule has 0 spiro atoms. The number of anilines is 2. The lowest BCUT2D eigenvalue weighted by molar-refractivity contribution is -0.123. The lowest BCUT2D eigenvalue weighted by Crippen LogP contribution is -2.37. The Morgan fingerprint density at radius 1 is 1.30 bits per heavy atom. The van der Waals surface area contributed by atoms with Crippen LogP contribution in [0.1, 0.15) is 20.8 Å². The summed E-state index contributed by atoms with van der Waals surface area (Å²) in [7, 11) is 0. The predicted octanol–water partition coefficient (Wildman–Crippen LogP) is 2.65. The molecule has 0 bridgehead atoms. The van der Waals surface area contributed by atoms with Crippen molar-refractivity contribution in [2.45, 2.75) is 20.8 Å². The lowest BCUT2D eigenvalue weighted by atomic mass is 9.95. The molecular weight excluding hydrogens is 259 g/mol. The summed E-state index contributed by atoms with van der Waals surface area (Å²) in [6.45, 7) is 8.25. The number of rotatable bonds is 2. The van der Waals surface area contributed by atoms with Crippen molar-refractivity contribution in [1.82, 2.24) is 0 Å². The van der Waals surface area contributed by atoms with Crippen molar-refractivity contribution in [3.8, 4) is 0 Å². The number of hydrogen-bond donors (Lipinski definition) is 1. The number of nitrogens with one attached hydrogen (secondary N) is 1. The van der Waals surface area contributed by atoms with Crippen LogP contribution in [-0.4, -0.2) is 32.2 Å². The number of benzene rings is 1. The average molecular weight is 280 g/mol. The van der Waals surface area contributed by atoms with Crippen LogP contribution in [0.15, 0.2) is 18.2 Å². The van der Waals surface area contributed by atoms with Gasteiger partial charge in [0.1, 0.15) is 5.82 Å². The second kappa shape index (κ2) is 5.79. The summed E-state index contributed by atoms with van der Waals surface area (Å²) in [5.41, 5.74) is 0.841. The summed E-state index contributed by atoms with van der Waals surface area (Å²) in [6, 6.07) is 4.49. The predicted molar refractivity (Wildman–Crippen MR) is 77.5 cm³/mol. The van der Waals surface area contributed by atoms with E-state index in [1.54, 1.807) is 6.07 Å². The van der Waals surface area contributed by atoms with E-state index in [1.807, 2.05) is 20.8 Å². The highest BCUT2D eigenvalue weighted by molar-refractivity contribution is 5.97. The van der Waals surface area contributed by atoms with Crippen LogP contribution < -0.4 is 10.2 Å². The topological polar surface area (TPSA) is 41.6 Å². The zero-order valence-electron chi connectivity index (χ0n) is 12.2. The van der Waals surface area contributed by atoms with Crippen LogP contribution in [0.2, 0.25) is 0 Å². The van der Waals surface area contributed by atoms with E-state index in [2.05, 4.69) is 10.2 Å². The van der Waals surface area contributed by atoms with Crippen LogP contribution in [0.4, 0.5) is 15.8 Å². The number of amides is 1. The summed E-state index contributed by atoms with van der Waals surface area (Å²) in [5.74, 6) is -0.483. The van der Waals surface area contributed by atoms with Crippen molar-refractivity contribution in [1.29, 1.82) is 0 Å². The Hall–Kier alpha value is -1.62. The highest BCUT2D eigenvalue weighted by atomic mass is 19.1. The van der Waals surface area contributed by atoms with E-state index >= 15 is 0 Å². The molecule has 0 aromatic heterocycles. The summed E-state index contributed by atoms with van der Waals surface area (Å²) in [5, 5.41) is 2.83. The van der Waals surface area contributed by atoms with Crippen molar-refractivity contribution >= 4 is 17.3 Å². The molecule has 5 heteroatoms. The van der Waals surface area contributed by atoms with E-state index in [-0.39, 0.29) is 11.7 Å². The van der Waals surface area contributed by atoms with E-state index in [0.717, 1.165) is 18.8 Å². The van der Waals surface area contributed by atoms with Crippen molar-refractivity contribution in [2.75, 3.05) is 36.5 Å². The second-order valence-electron chi connectivity index (χ2n) is 5.97. The number of hydrogen-bond acceptors (Lipinski definition) is 3. The molecular formula is C15H21FN2O2. The first-order valence-electron chi connectivity index (χ1n) is 6.81. The average Bonchev–Trinajstić information content (AvgIpc) is 2.39. The van der Waals surface area contributed by atoms with Crippen molar-refractivity contribution in [3.63, 3.8) is 0 Å². The SMILES string of the molecule is CC(C)(C)C(=O)Nc1cc(F)ccc1N1CCOCC1. The number of halogens is 1. The van der Waals surface area contributed by atoms with Gasteiger partial charge in [0.05, 0.1) is 24.6 Å². The monoisotopic (exact) mass is 280 g/mol. The Bertz CT molecular complexity index is 491. The maximum absolute atomic E-state index is 13.5. The van der Waals surface area contributed by atoms with Crippen LogP contribution in [0.3, 0.4) is 0 Å². The molecule has 1 aromatic carbocycles. The van der Waals surface area contributed by atoms with Gasteiger partial charge in [-0.2, -0.15) is 0 Å². The molecule has 1 heterocycles. The summed E-state index contributed by atoms with van der Waals surface area (Å²) in [4.78, 5) is 14.2. The van der Waals surface area contributed by atoms with Gasteiger partial charge in [0.2, 0.25) is 5.91 Å². The molecule has 0 aliphatic carbocycles. The molecule has 2 rings (SSSR count). The maximum atomic E-state index is 13.5. The first-order valence-corrected chi connectivity index (χ1v) is 6.81. The fourth-order valence-corrected chi connectivity index (χ4v) is 2.00. The normalized spacial score (nSPS) is 16.1. The van der Waals surface area contributed by atoms with Gasteiger partial charge in [0.15, 0.2) is 0 Å². The number of carbonyl (C=O) groups excluding carboxylic acids is 1. The molecule has 0 saturated carbocycles. The first-order chi connectivity index (χ1) is 9.38. The minimum Gasteiger partial charge on any atom is -0.378 e. The molecule has 1 amide bonds.